The zero-order valence-corrected chi connectivity index (χ0v) is 18.6. The summed E-state index contributed by atoms with van der Waals surface area (Å²) in [4.78, 5) is 37.6. The number of hydrogen-bond acceptors (Lipinski definition) is 6. The Morgan fingerprint density at radius 2 is 1.97 bits per heavy atom. The van der Waals surface area contributed by atoms with Crippen molar-refractivity contribution in [1.82, 2.24) is 23.6 Å². The predicted octanol–water partition coefficient (Wildman–Crippen LogP) is -0.349. The lowest BCUT2D eigenvalue weighted by Gasteiger charge is -2.15. The molecule has 1 fully saturated rings. The van der Waals surface area contributed by atoms with Crippen molar-refractivity contribution in [3.63, 3.8) is 0 Å². The summed E-state index contributed by atoms with van der Waals surface area (Å²) in [7, 11) is -2.14. The van der Waals surface area contributed by atoms with Crippen LogP contribution in [0.2, 0.25) is 0 Å². The van der Waals surface area contributed by atoms with Gasteiger partial charge in [0, 0.05) is 37.3 Å². The third-order valence-corrected chi connectivity index (χ3v) is 7.20. The minimum atomic E-state index is -3.85. The molecule has 2 heterocycles. The largest absolute Gasteiger partial charge is 0.370 e. The number of nitrogens with zero attached hydrogens (tertiary/aromatic N) is 4. The number of aromatic nitrogens is 4. The van der Waals surface area contributed by atoms with Crippen LogP contribution in [0.1, 0.15) is 31.7 Å². The molecule has 3 N–H and O–H groups in total. The van der Waals surface area contributed by atoms with Gasteiger partial charge in [-0.2, -0.15) is 5.10 Å². The minimum Gasteiger partial charge on any atom is -0.370 e. The molecule has 1 saturated carbocycles. The van der Waals surface area contributed by atoms with E-state index in [1.165, 1.54) is 29.0 Å². The Morgan fingerprint density at radius 3 is 2.56 bits per heavy atom. The van der Waals surface area contributed by atoms with E-state index in [2.05, 4.69) is 9.82 Å². The van der Waals surface area contributed by atoms with Gasteiger partial charge in [-0.3, -0.25) is 23.4 Å². The highest BCUT2D eigenvalue weighted by molar-refractivity contribution is 7.89. The van der Waals surface area contributed by atoms with E-state index >= 15 is 0 Å². The molecule has 4 rings (SSSR count). The summed E-state index contributed by atoms with van der Waals surface area (Å²) in [6.45, 7) is 1.72. The topological polar surface area (TPSA) is 151 Å². The van der Waals surface area contributed by atoms with Gasteiger partial charge in [0.05, 0.1) is 28.5 Å². The number of rotatable bonds is 8. The molecule has 0 atom stereocenters. The maximum atomic E-state index is 13.2. The highest BCUT2D eigenvalue weighted by Crippen LogP contribution is 2.36. The number of nitrogens with two attached hydrogens (primary N) is 1. The molecule has 170 valence electrons. The van der Waals surface area contributed by atoms with E-state index in [0.29, 0.717) is 5.56 Å². The van der Waals surface area contributed by atoms with Crippen LogP contribution in [0, 0.1) is 0 Å². The van der Waals surface area contributed by atoms with Crippen molar-refractivity contribution >= 4 is 26.8 Å². The molecule has 2 aromatic heterocycles. The van der Waals surface area contributed by atoms with Gasteiger partial charge in [0.2, 0.25) is 15.9 Å². The summed E-state index contributed by atoms with van der Waals surface area (Å²) in [5, 5.41) is 4.10. The molecule has 0 aliphatic heterocycles. The summed E-state index contributed by atoms with van der Waals surface area (Å²) in [5.74, 6) is -0.601. The van der Waals surface area contributed by atoms with Crippen molar-refractivity contribution in [2.75, 3.05) is 0 Å². The number of fused-ring (bicyclic) bond motifs is 1. The zero-order chi connectivity index (χ0) is 23.3. The van der Waals surface area contributed by atoms with Crippen LogP contribution in [0.4, 0.5) is 0 Å². The van der Waals surface area contributed by atoms with Gasteiger partial charge in [0.1, 0.15) is 0 Å². The molecule has 1 aromatic carbocycles. The van der Waals surface area contributed by atoms with Gasteiger partial charge in [-0.05, 0) is 38.0 Å². The molecule has 0 bridgehead atoms. The predicted molar refractivity (Wildman–Crippen MR) is 117 cm³/mol. The molecule has 0 unspecified atom stereocenters. The lowest BCUT2D eigenvalue weighted by atomic mass is 10.2. The van der Waals surface area contributed by atoms with E-state index in [1.807, 2.05) is 6.92 Å². The SMILES string of the molecule is Cn1cc(Cn2c(=O)c3cc(S(=O)(=O)NC4(C)CC4)ccc3n(CCC(N)=O)c2=O)cn1. The van der Waals surface area contributed by atoms with Gasteiger partial charge in [-0.25, -0.2) is 17.9 Å². The van der Waals surface area contributed by atoms with E-state index in [0.717, 1.165) is 17.4 Å². The average molecular weight is 461 g/mol. The summed E-state index contributed by atoms with van der Waals surface area (Å²) in [5.41, 5.74) is 4.39. The van der Waals surface area contributed by atoms with Gasteiger partial charge in [0.25, 0.3) is 5.56 Å². The highest BCUT2D eigenvalue weighted by Gasteiger charge is 2.41. The number of aryl methyl sites for hydroxylation is 2. The van der Waals surface area contributed by atoms with Crippen molar-refractivity contribution in [3.05, 3.63) is 57.0 Å². The molecule has 1 aliphatic rings. The molecule has 12 heteroatoms. The second-order valence-electron chi connectivity index (χ2n) is 8.41. The Labute approximate surface area is 183 Å². The van der Waals surface area contributed by atoms with Crippen molar-refractivity contribution in [3.8, 4) is 0 Å². The van der Waals surface area contributed by atoms with E-state index in [1.54, 1.807) is 17.9 Å². The maximum absolute atomic E-state index is 13.2. The van der Waals surface area contributed by atoms with Crippen LogP contribution < -0.4 is 21.7 Å². The first kappa shape index (κ1) is 22.0. The van der Waals surface area contributed by atoms with Crippen molar-refractivity contribution in [2.45, 2.75) is 49.7 Å². The number of sulfonamides is 1. The Kier molecular flexibility index (Phi) is 5.29. The summed E-state index contributed by atoms with van der Waals surface area (Å²) in [6, 6.07) is 4.03. The van der Waals surface area contributed by atoms with Crippen LogP contribution in [0.15, 0.2) is 45.1 Å². The quantitative estimate of drug-likeness (QED) is 0.469. The monoisotopic (exact) mass is 460 g/mol. The second kappa shape index (κ2) is 7.71. The van der Waals surface area contributed by atoms with E-state index in [4.69, 9.17) is 5.73 Å². The van der Waals surface area contributed by atoms with Crippen molar-refractivity contribution < 1.29 is 13.2 Å². The smallest absolute Gasteiger partial charge is 0.331 e. The Balaban J connectivity index is 1.89. The number of nitrogens with one attached hydrogen (secondary N) is 1. The first-order valence-corrected chi connectivity index (χ1v) is 11.5. The fraction of sp³-hybridized carbons (Fsp3) is 0.400. The van der Waals surface area contributed by atoms with Crippen molar-refractivity contribution in [1.29, 1.82) is 0 Å². The summed E-state index contributed by atoms with van der Waals surface area (Å²) < 4.78 is 32.1. The van der Waals surface area contributed by atoms with Crippen LogP contribution in [-0.2, 0) is 35.0 Å². The van der Waals surface area contributed by atoms with Gasteiger partial charge in [-0.15, -0.1) is 0 Å². The molecular formula is C20H24N6O5S. The Bertz CT molecular complexity index is 1450. The molecule has 11 nitrogen and oxygen atoms in total. The lowest BCUT2D eigenvalue weighted by molar-refractivity contribution is -0.118. The maximum Gasteiger partial charge on any atom is 0.331 e. The van der Waals surface area contributed by atoms with Crippen LogP contribution in [0.3, 0.4) is 0 Å². The molecule has 3 aromatic rings. The summed E-state index contributed by atoms with van der Waals surface area (Å²) in [6.07, 6.45) is 4.57. The van der Waals surface area contributed by atoms with E-state index in [9.17, 15) is 22.8 Å². The molecule has 0 spiro atoms. The Hall–Kier alpha value is -3.25. The fourth-order valence-corrected chi connectivity index (χ4v) is 5.05. The Morgan fingerprint density at radius 1 is 1.25 bits per heavy atom. The second-order valence-corrected chi connectivity index (χ2v) is 10.1. The number of amides is 1. The normalized spacial score (nSPS) is 15.2. The van der Waals surface area contributed by atoms with Crippen LogP contribution in [-0.4, -0.2) is 38.8 Å². The molecule has 0 radical (unpaired) electrons. The minimum absolute atomic E-state index is 0.0413. The van der Waals surface area contributed by atoms with E-state index in [-0.39, 0.29) is 35.3 Å². The van der Waals surface area contributed by atoms with Gasteiger partial charge < -0.3 is 5.73 Å². The lowest BCUT2D eigenvalue weighted by Crippen LogP contribution is -2.41. The number of benzene rings is 1. The highest BCUT2D eigenvalue weighted by atomic mass is 32.2. The first-order valence-electron chi connectivity index (χ1n) is 10.1. The van der Waals surface area contributed by atoms with Crippen LogP contribution >= 0.6 is 0 Å². The van der Waals surface area contributed by atoms with Gasteiger partial charge >= 0.3 is 5.69 Å². The number of carbonyl (C=O) groups is 1. The number of hydrogen-bond donors (Lipinski definition) is 2. The molecule has 1 amide bonds. The third-order valence-electron chi connectivity index (χ3n) is 5.57. The zero-order valence-electron chi connectivity index (χ0n) is 17.7. The van der Waals surface area contributed by atoms with Crippen molar-refractivity contribution in [2.24, 2.45) is 12.8 Å². The molecular weight excluding hydrogens is 436 g/mol. The third kappa shape index (κ3) is 4.23. The van der Waals surface area contributed by atoms with Gasteiger partial charge in [0.15, 0.2) is 0 Å². The van der Waals surface area contributed by atoms with E-state index < -0.39 is 32.7 Å². The first-order chi connectivity index (χ1) is 15.0. The van der Waals surface area contributed by atoms with Crippen LogP contribution in [0.5, 0.6) is 0 Å². The number of carbonyl (C=O) groups excluding carboxylic acids is 1. The standard InChI is InChI=1S/C20H24N6O5S/c1-20(6-7-20)23-32(30,31)14-3-4-16-15(9-14)18(28)26(12-13-10-22-24(2)11-13)19(29)25(16)8-5-17(21)27/h3-4,9-11,23H,5-8,12H2,1-2H3,(H2,21,27). The van der Waals surface area contributed by atoms with Crippen LogP contribution in [0.25, 0.3) is 10.9 Å². The molecule has 1 aliphatic carbocycles. The molecule has 32 heavy (non-hydrogen) atoms. The number of primary amides is 1. The summed E-state index contributed by atoms with van der Waals surface area (Å²) >= 11 is 0. The van der Waals surface area contributed by atoms with Gasteiger partial charge in [-0.1, -0.05) is 0 Å². The average Bonchev–Trinajstić information content (AvgIpc) is 3.28. The fourth-order valence-electron chi connectivity index (χ4n) is 3.56. The molecule has 0 saturated heterocycles.